The van der Waals surface area contributed by atoms with Gasteiger partial charge in [-0.25, -0.2) is 4.79 Å². The molecule has 21 heavy (non-hydrogen) atoms. The summed E-state index contributed by atoms with van der Waals surface area (Å²) in [6.45, 7) is -0.834. The van der Waals surface area contributed by atoms with Crippen LogP contribution in [0.4, 0.5) is 18.0 Å². The van der Waals surface area contributed by atoms with Gasteiger partial charge < -0.3 is 14.7 Å². The monoisotopic (exact) mass is 367 g/mol. The number of carbonyl (C=O) groups excluding carboxylic acids is 1. The quantitative estimate of drug-likeness (QED) is 0.874. The molecule has 1 aliphatic heterocycles. The third kappa shape index (κ3) is 3.68. The van der Waals surface area contributed by atoms with Gasteiger partial charge in [0.05, 0.1) is 6.61 Å². The van der Waals surface area contributed by atoms with Crippen LogP contribution in [0.2, 0.25) is 0 Å². The van der Waals surface area contributed by atoms with Crippen molar-refractivity contribution in [3.63, 3.8) is 0 Å². The van der Waals surface area contributed by atoms with Crippen LogP contribution in [-0.4, -0.2) is 41.5 Å². The van der Waals surface area contributed by atoms with Crippen LogP contribution in [0.15, 0.2) is 22.7 Å². The van der Waals surface area contributed by atoms with E-state index in [2.05, 4.69) is 20.7 Å². The highest BCUT2D eigenvalue weighted by Crippen LogP contribution is 2.28. The van der Waals surface area contributed by atoms with Crippen LogP contribution < -0.4 is 0 Å². The summed E-state index contributed by atoms with van der Waals surface area (Å²) in [5.41, 5.74) is 1.90. The summed E-state index contributed by atoms with van der Waals surface area (Å²) < 4.78 is 42.7. The Morgan fingerprint density at radius 3 is 2.81 bits per heavy atom. The Hall–Kier alpha value is -1.28. The number of fused-ring (bicyclic) bond motifs is 1. The first kappa shape index (κ1) is 16.1. The summed E-state index contributed by atoms with van der Waals surface area (Å²) in [5.74, 6) is 0. The van der Waals surface area contributed by atoms with Crippen molar-refractivity contribution in [3.05, 3.63) is 33.8 Å². The van der Waals surface area contributed by atoms with Gasteiger partial charge in [-0.15, -0.1) is 0 Å². The first-order chi connectivity index (χ1) is 9.82. The minimum absolute atomic E-state index is 0.184. The molecule has 0 saturated carbocycles. The molecule has 1 aliphatic rings. The van der Waals surface area contributed by atoms with Gasteiger partial charge in [-0.2, -0.15) is 13.2 Å². The molecule has 1 unspecified atom stereocenters. The van der Waals surface area contributed by atoms with E-state index >= 15 is 0 Å². The Morgan fingerprint density at radius 2 is 2.19 bits per heavy atom. The van der Waals surface area contributed by atoms with Gasteiger partial charge in [-0.1, -0.05) is 28.1 Å². The fourth-order valence-electron chi connectivity index (χ4n) is 2.12. The van der Waals surface area contributed by atoms with Crippen molar-refractivity contribution in [1.82, 2.24) is 4.90 Å². The summed E-state index contributed by atoms with van der Waals surface area (Å²) in [6.07, 6.45) is -7.81. The second-order valence-electron chi connectivity index (χ2n) is 4.65. The average molecular weight is 368 g/mol. The maximum Gasteiger partial charge on any atom is 0.427 e. The third-order valence-corrected chi connectivity index (χ3v) is 3.98. The predicted octanol–water partition coefficient (Wildman–Crippen LogP) is 2.87. The van der Waals surface area contributed by atoms with Crippen LogP contribution in [0.5, 0.6) is 0 Å². The van der Waals surface area contributed by atoms with E-state index in [9.17, 15) is 18.0 Å². The molecule has 0 spiro atoms. The van der Waals surface area contributed by atoms with E-state index < -0.39 is 25.0 Å². The molecule has 116 valence electrons. The molecule has 1 amide bonds. The fraction of sp³-hybridized carbons (Fsp3) is 0.462. The Bertz CT molecular complexity index is 536. The maximum atomic E-state index is 12.5. The van der Waals surface area contributed by atoms with Crippen LogP contribution in [0.1, 0.15) is 11.1 Å². The number of benzene rings is 1. The first-order valence-electron chi connectivity index (χ1n) is 6.22. The Balaban J connectivity index is 2.06. The van der Waals surface area contributed by atoms with Crippen molar-refractivity contribution in [2.75, 3.05) is 13.2 Å². The number of hydrogen-bond acceptors (Lipinski definition) is 3. The molecule has 0 saturated heterocycles. The highest BCUT2D eigenvalue weighted by atomic mass is 79.9. The molecule has 4 nitrogen and oxygen atoms in total. The second-order valence-corrected chi connectivity index (χ2v) is 5.50. The maximum absolute atomic E-state index is 12.5. The zero-order valence-corrected chi connectivity index (χ0v) is 12.4. The zero-order chi connectivity index (χ0) is 15.6. The highest BCUT2D eigenvalue weighted by Gasteiger charge is 2.43. The molecule has 0 bridgehead atoms. The smallest absolute Gasteiger partial charge is 0.427 e. The van der Waals surface area contributed by atoms with E-state index in [0.717, 1.165) is 15.6 Å². The molecule has 0 fully saturated rings. The number of aliphatic hydroxyl groups is 1. The number of aliphatic hydroxyl groups excluding tert-OH is 1. The molecule has 0 radical (unpaired) electrons. The van der Waals surface area contributed by atoms with Gasteiger partial charge in [-0.05, 0) is 23.6 Å². The lowest BCUT2D eigenvalue weighted by Gasteiger charge is -2.30. The van der Waals surface area contributed by atoms with Gasteiger partial charge in [0.1, 0.15) is 0 Å². The molecule has 1 atom stereocenters. The standard InChI is InChI=1S/C13H13BrF3NO3/c14-10-3-1-2-8-6-18(5-4-9(8)10)12(20)21-11(7-19)13(15,16)17/h1-3,11,19H,4-7H2. The predicted molar refractivity (Wildman–Crippen MR) is 71.7 cm³/mol. The molecular formula is C13H13BrF3NO3. The van der Waals surface area contributed by atoms with Crippen molar-refractivity contribution in [3.8, 4) is 0 Å². The van der Waals surface area contributed by atoms with Gasteiger partial charge in [0, 0.05) is 17.6 Å². The van der Waals surface area contributed by atoms with Gasteiger partial charge in [0.15, 0.2) is 0 Å². The van der Waals surface area contributed by atoms with Crippen molar-refractivity contribution in [2.24, 2.45) is 0 Å². The number of halogens is 4. The van der Waals surface area contributed by atoms with Gasteiger partial charge in [0.25, 0.3) is 0 Å². The van der Waals surface area contributed by atoms with Crippen molar-refractivity contribution in [1.29, 1.82) is 0 Å². The molecule has 8 heteroatoms. The summed E-state index contributed by atoms with van der Waals surface area (Å²) in [6, 6.07) is 5.48. The van der Waals surface area contributed by atoms with Gasteiger partial charge in [-0.3, -0.25) is 0 Å². The van der Waals surface area contributed by atoms with Crippen LogP contribution in [0.25, 0.3) is 0 Å². The minimum atomic E-state index is -4.78. The van der Waals surface area contributed by atoms with E-state index in [1.54, 1.807) is 6.07 Å². The van der Waals surface area contributed by atoms with E-state index in [-0.39, 0.29) is 13.1 Å². The molecule has 0 aliphatic carbocycles. The minimum Gasteiger partial charge on any atom is -0.434 e. The lowest BCUT2D eigenvalue weighted by Crippen LogP contribution is -2.43. The number of amides is 1. The van der Waals surface area contributed by atoms with E-state index in [4.69, 9.17) is 5.11 Å². The number of hydrogen-bond donors (Lipinski definition) is 1. The zero-order valence-electron chi connectivity index (χ0n) is 10.9. The van der Waals surface area contributed by atoms with Crippen LogP contribution in [0, 0.1) is 0 Å². The normalized spacial score (nSPS) is 16.3. The van der Waals surface area contributed by atoms with Gasteiger partial charge >= 0.3 is 12.3 Å². The lowest BCUT2D eigenvalue weighted by molar-refractivity contribution is -0.214. The largest absolute Gasteiger partial charge is 0.434 e. The molecule has 0 aromatic heterocycles. The lowest BCUT2D eigenvalue weighted by atomic mass is 10.0. The summed E-state index contributed by atoms with van der Waals surface area (Å²) in [5, 5.41) is 8.68. The number of alkyl halides is 3. The summed E-state index contributed by atoms with van der Waals surface area (Å²) in [4.78, 5) is 13.0. The number of rotatable bonds is 2. The Kier molecular flexibility index (Phi) is 4.77. The second kappa shape index (κ2) is 6.23. The van der Waals surface area contributed by atoms with E-state index in [1.165, 1.54) is 4.90 Å². The molecule has 1 aromatic carbocycles. The van der Waals surface area contributed by atoms with Crippen molar-refractivity contribution in [2.45, 2.75) is 25.2 Å². The molecule has 2 rings (SSSR count). The molecule has 1 N–H and O–H groups in total. The van der Waals surface area contributed by atoms with Crippen LogP contribution in [0.3, 0.4) is 0 Å². The van der Waals surface area contributed by atoms with Crippen LogP contribution in [-0.2, 0) is 17.7 Å². The number of carbonyl (C=O) groups is 1. The Labute approximate surface area is 127 Å². The topological polar surface area (TPSA) is 49.8 Å². The average Bonchev–Trinajstić information content (AvgIpc) is 2.43. The summed E-state index contributed by atoms with van der Waals surface area (Å²) >= 11 is 3.40. The third-order valence-electron chi connectivity index (χ3n) is 3.24. The fourth-order valence-corrected chi connectivity index (χ4v) is 2.73. The number of ether oxygens (including phenoxy) is 1. The molecule has 1 heterocycles. The SMILES string of the molecule is O=C(OC(CO)C(F)(F)F)N1CCc2c(Br)cccc2C1. The first-order valence-corrected chi connectivity index (χ1v) is 7.01. The van der Waals surface area contributed by atoms with E-state index in [0.29, 0.717) is 6.42 Å². The number of nitrogens with zero attached hydrogens (tertiary/aromatic N) is 1. The van der Waals surface area contributed by atoms with E-state index in [1.807, 2.05) is 12.1 Å². The molecular weight excluding hydrogens is 355 g/mol. The van der Waals surface area contributed by atoms with Gasteiger partial charge in [0.2, 0.25) is 6.10 Å². The van der Waals surface area contributed by atoms with Crippen molar-refractivity contribution < 1.29 is 27.8 Å². The van der Waals surface area contributed by atoms with Crippen molar-refractivity contribution >= 4 is 22.0 Å². The highest BCUT2D eigenvalue weighted by molar-refractivity contribution is 9.10. The Morgan fingerprint density at radius 1 is 1.48 bits per heavy atom. The summed E-state index contributed by atoms with van der Waals surface area (Å²) in [7, 11) is 0. The molecule has 1 aromatic rings. The van der Waals surface area contributed by atoms with Crippen LogP contribution >= 0.6 is 15.9 Å².